The van der Waals surface area contributed by atoms with Crippen molar-refractivity contribution in [3.63, 3.8) is 0 Å². The van der Waals surface area contributed by atoms with Gasteiger partial charge in [0.1, 0.15) is 0 Å². The van der Waals surface area contributed by atoms with Crippen molar-refractivity contribution in [3.8, 4) is 0 Å². The molecular formula is C18H27F3N2O2. The number of hydrogen-bond donors (Lipinski definition) is 1. The molecule has 1 N–H and O–H groups in total. The second kappa shape index (κ2) is 6.80. The van der Waals surface area contributed by atoms with Gasteiger partial charge in [-0.2, -0.15) is 13.2 Å². The highest BCUT2D eigenvalue weighted by molar-refractivity contribution is 5.84. The van der Waals surface area contributed by atoms with Gasteiger partial charge >= 0.3 is 6.18 Å². The lowest BCUT2D eigenvalue weighted by atomic mass is 9.49. The molecular weight excluding hydrogens is 333 g/mol. The van der Waals surface area contributed by atoms with Crippen LogP contribution in [0.25, 0.3) is 0 Å². The molecule has 0 radical (unpaired) electrons. The van der Waals surface area contributed by atoms with E-state index in [9.17, 15) is 22.8 Å². The van der Waals surface area contributed by atoms with Crippen LogP contribution in [0.4, 0.5) is 13.2 Å². The zero-order valence-corrected chi connectivity index (χ0v) is 14.7. The van der Waals surface area contributed by atoms with Gasteiger partial charge in [0.25, 0.3) is 0 Å². The fourth-order valence-corrected chi connectivity index (χ4v) is 5.64. The van der Waals surface area contributed by atoms with Crippen LogP contribution in [0.3, 0.4) is 0 Å². The summed E-state index contributed by atoms with van der Waals surface area (Å²) in [6.45, 7) is -0.604. The molecule has 4 saturated carbocycles. The van der Waals surface area contributed by atoms with Crippen LogP contribution >= 0.6 is 0 Å². The summed E-state index contributed by atoms with van der Waals surface area (Å²) in [4.78, 5) is 25.2. The van der Waals surface area contributed by atoms with E-state index in [-0.39, 0.29) is 24.4 Å². The van der Waals surface area contributed by atoms with E-state index in [4.69, 9.17) is 0 Å². The first kappa shape index (κ1) is 18.5. The third-order valence-corrected chi connectivity index (χ3v) is 6.29. The molecule has 0 aromatic rings. The summed E-state index contributed by atoms with van der Waals surface area (Å²) in [5.41, 5.74) is 0.101. The van der Waals surface area contributed by atoms with Gasteiger partial charge in [-0.05, 0) is 61.7 Å². The highest BCUT2D eigenvalue weighted by Crippen LogP contribution is 2.61. The number of likely N-dealkylation sites (N-methyl/N-ethyl adjacent to an activating group) is 1. The average Bonchev–Trinajstić information content (AvgIpc) is 2.47. The molecule has 0 heterocycles. The Balaban J connectivity index is 1.43. The first-order chi connectivity index (χ1) is 11.6. The quantitative estimate of drug-likeness (QED) is 0.791. The second-order valence-electron chi connectivity index (χ2n) is 8.55. The summed E-state index contributed by atoms with van der Waals surface area (Å²) in [7, 11) is 1.33. The van der Waals surface area contributed by atoms with E-state index in [2.05, 4.69) is 5.32 Å². The Morgan fingerprint density at radius 2 is 1.60 bits per heavy atom. The zero-order valence-electron chi connectivity index (χ0n) is 14.7. The Hall–Kier alpha value is -1.27. The van der Waals surface area contributed by atoms with E-state index >= 15 is 0 Å². The Labute approximate surface area is 146 Å². The second-order valence-corrected chi connectivity index (χ2v) is 8.55. The number of alkyl halides is 3. The van der Waals surface area contributed by atoms with Gasteiger partial charge in [-0.3, -0.25) is 9.59 Å². The summed E-state index contributed by atoms with van der Waals surface area (Å²) in [6, 6.07) is 0. The maximum atomic E-state index is 12.3. The molecule has 4 rings (SSSR count). The topological polar surface area (TPSA) is 49.4 Å². The molecule has 2 amide bonds. The number of carbonyl (C=O) groups excluding carboxylic acids is 2. The molecule has 142 valence electrons. The van der Waals surface area contributed by atoms with Gasteiger partial charge in [-0.15, -0.1) is 0 Å². The summed E-state index contributed by atoms with van der Waals surface area (Å²) in [5, 5.41) is 2.62. The van der Waals surface area contributed by atoms with E-state index < -0.39 is 18.5 Å². The Morgan fingerprint density at radius 1 is 1.08 bits per heavy atom. The molecule has 0 aromatic carbocycles. The average molecular weight is 360 g/mol. The van der Waals surface area contributed by atoms with Crippen molar-refractivity contribution in [3.05, 3.63) is 0 Å². The van der Waals surface area contributed by atoms with Crippen LogP contribution in [0.2, 0.25) is 0 Å². The molecule has 4 fully saturated rings. The van der Waals surface area contributed by atoms with Crippen LogP contribution in [-0.2, 0) is 9.59 Å². The van der Waals surface area contributed by atoms with Crippen molar-refractivity contribution >= 4 is 11.8 Å². The van der Waals surface area contributed by atoms with E-state index in [0.717, 1.165) is 41.9 Å². The van der Waals surface area contributed by atoms with Crippen molar-refractivity contribution < 1.29 is 22.8 Å². The largest absolute Gasteiger partial charge is 0.390 e. The summed E-state index contributed by atoms with van der Waals surface area (Å²) in [6.07, 6.45) is 2.42. The van der Waals surface area contributed by atoms with Crippen molar-refractivity contribution in [1.29, 1.82) is 0 Å². The Bertz CT molecular complexity index is 498. The summed E-state index contributed by atoms with van der Waals surface area (Å²) in [5.74, 6) is 1.65. The molecule has 0 spiro atoms. The molecule has 4 aliphatic carbocycles. The van der Waals surface area contributed by atoms with Crippen LogP contribution in [0.1, 0.15) is 51.4 Å². The van der Waals surface area contributed by atoms with Gasteiger partial charge in [-0.25, -0.2) is 0 Å². The van der Waals surface area contributed by atoms with Gasteiger partial charge in [0.05, 0.1) is 13.0 Å². The zero-order chi connectivity index (χ0) is 18.2. The molecule has 0 aromatic heterocycles. The van der Waals surface area contributed by atoms with E-state index in [1.54, 1.807) is 0 Å². The standard InChI is InChI=1S/C18H27F3N2O2/c1-23(3-2-18(19,20)21)16(25)11-22-15(24)10-17-7-12-4-13(8-17)6-14(5-12)9-17/h12-14H,2-11H2,1H3,(H,22,24). The van der Waals surface area contributed by atoms with Gasteiger partial charge < -0.3 is 10.2 Å². The predicted molar refractivity (Wildman–Crippen MR) is 86.5 cm³/mol. The smallest absolute Gasteiger partial charge is 0.347 e. The molecule has 25 heavy (non-hydrogen) atoms. The lowest BCUT2D eigenvalue weighted by molar-refractivity contribution is -0.144. The van der Waals surface area contributed by atoms with E-state index in [1.807, 2.05) is 0 Å². The maximum Gasteiger partial charge on any atom is 0.390 e. The van der Waals surface area contributed by atoms with Crippen LogP contribution in [0.15, 0.2) is 0 Å². The lowest BCUT2D eigenvalue weighted by Crippen LogP contribution is -2.48. The van der Waals surface area contributed by atoms with Crippen molar-refractivity contribution in [2.45, 2.75) is 57.5 Å². The highest BCUT2D eigenvalue weighted by Gasteiger charge is 2.51. The summed E-state index contributed by atoms with van der Waals surface area (Å²) < 4.78 is 36.6. The fraction of sp³-hybridized carbons (Fsp3) is 0.889. The molecule has 0 atom stereocenters. The Morgan fingerprint density at radius 3 is 2.08 bits per heavy atom. The lowest BCUT2D eigenvalue weighted by Gasteiger charge is -2.56. The minimum atomic E-state index is -4.28. The molecule has 4 aliphatic rings. The van der Waals surface area contributed by atoms with Crippen LogP contribution < -0.4 is 5.32 Å². The highest BCUT2D eigenvalue weighted by atomic mass is 19.4. The van der Waals surface area contributed by atoms with Gasteiger partial charge in [0.2, 0.25) is 11.8 Å². The number of carbonyl (C=O) groups is 2. The number of hydrogen-bond acceptors (Lipinski definition) is 2. The van der Waals surface area contributed by atoms with Crippen LogP contribution in [0, 0.1) is 23.2 Å². The van der Waals surface area contributed by atoms with Crippen molar-refractivity contribution in [1.82, 2.24) is 10.2 Å². The maximum absolute atomic E-state index is 12.3. The van der Waals surface area contributed by atoms with Crippen LogP contribution in [-0.4, -0.2) is 43.0 Å². The number of nitrogens with one attached hydrogen (secondary N) is 1. The normalized spacial score (nSPS) is 33.4. The number of amides is 2. The molecule has 0 saturated heterocycles. The van der Waals surface area contributed by atoms with Gasteiger partial charge in [-0.1, -0.05) is 0 Å². The summed E-state index contributed by atoms with van der Waals surface area (Å²) >= 11 is 0. The van der Waals surface area contributed by atoms with Crippen LogP contribution in [0.5, 0.6) is 0 Å². The molecule has 0 aliphatic heterocycles. The Kier molecular flexibility index (Phi) is 5.04. The predicted octanol–water partition coefficient (Wildman–Crippen LogP) is 3.12. The number of rotatable bonds is 6. The van der Waals surface area contributed by atoms with Gasteiger partial charge in [0, 0.05) is 20.0 Å². The van der Waals surface area contributed by atoms with Crippen molar-refractivity contribution in [2.75, 3.05) is 20.1 Å². The fourth-order valence-electron chi connectivity index (χ4n) is 5.64. The third kappa shape index (κ3) is 4.67. The third-order valence-electron chi connectivity index (χ3n) is 6.29. The monoisotopic (exact) mass is 360 g/mol. The van der Waals surface area contributed by atoms with Crippen molar-refractivity contribution in [2.24, 2.45) is 23.2 Å². The molecule has 0 unspecified atom stereocenters. The molecule has 4 nitrogen and oxygen atoms in total. The first-order valence-corrected chi connectivity index (χ1v) is 9.21. The van der Waals surface area contributed by atoms with E-state index in [1.165, 1.54) is 26.3 Å². The van der Waals surface area contributed by atoms with Gasteiger partial charge in [0.15, 0.2) is 0 Å². The van der Waals surface area contributed by atoms with E-state index in [0.29, 0.717) is 6.42 Å². The first-order valence-electron chi connectivity index (χ1n) is 9.21. The SMILES string of the molecule is CN(CCC(F)(F)F)C(=O)CNC(=O)CC12CC3CC(CC(C3)C1)C2. The number of nitrogens with zero attached hydrogens (tertiary/aromatic N) is 1. The minimum Gasteiger partial charge on any atom is -0.347 e. The molecule has 4 bridgehead atoms. The number of halogens is 3. The molecule has 7 heteroatoms. The minimum absolute atomic E-state index is 0.101.